The molecule has 8 nitrogen and oxygen atoms in total. The maximum Gasteiger partial charge on any atom is 0.390 e. The van der Waals surface area contributed by atoms with Gasteiger partial charge >= 0.3 is 6.18 Å². The number of benzene rings is 1. The third-order valence-corrected chi connectivity index (χ3v) is 7.27. The largest absolute Gasteiger partial charge is 0.390 e. The monoisotopic (exact) mass is 580 g/mol. The first-order chi connectivity index (χ1) is 18.4. The quantitative estimate of drug-likeness (QED) is 0.320. The van der Waals surface area contributed by atoms with E-state index < -0.39 is 59.0 Å². The molecule has 212 valence electrons. The van der Waals surface area contributed by atoms with Gasteiger partial charge in [-0.05, 0) is 24.6 Å². The van der Waals surface area contributed by atoms with Crippen molar-refractivity contribution in [3.63, 3.8) is 0 Å². The molecule has 1 saturated heterocycles. The maximum absolute atomic E-state index is 14.7. The van der Waals surface area contributed by atoms with Crippen LogP contribution in [-0.2, 0) is 16.7 Å². The van der Waals surface area contributed by atoms with E-state index in [9.17, 15) is 39.2 Å². The number of hydrogen-bond donors (Lipinski definition) is 3. The molecular weight excluding hydrogens is 557 g/mol. The molecule has 16 heteroatoms. The minimum Gasteiger partial charge on any atom is -0.350 e. The van der Waals surface area contributed by atoms with E-state index in [0.29, 0.717) is 19.5 Å². The van der Waals surface area contributed by atoms with Crippen molar-refractivity contribution in [2.75, 3.05) is 35.6 Å². The van der Waals surface area contributed by atoms with Crippen LogP contribution in [0.2, 0.25) is 0 Å². The molecule has 2 atom stereocenters. The summed E-state index contributed by atoms with van der Waals surface area (Å²) >= 11 is 0. The molecule has 1 fully saturated rings. The number of piperidine rings is 1. The molecule has 0 bridgehead atoms. The van der Waals surface area contributed by atoms with Crippen LogP contribution in [0.3, 0.4) is 0 Å². The van der Waals surface area contributed by atoms with Crippen molar-refractivity contribution in [3.8, 4) is 11.3 Å². The van der Waals surface area contributed by atoms with Crippen molar-refractivity contribution >= 4 is 32.7 Å². The molecule has 3 heterocycles. The van der Waals surface area contributed by atoms with Crippen LogP contribution in [0.25, 0.3) is 22.3 Å². The summed E-state index contributed by atoms with van der Waals surface area (Å²) in [5.41, 5.74) is -1.15. The zero-order valence-electron chi connectivity index (χ0n) is 20.1. The number of pyridine rings is 1. The zero-order chi connectivity index (χ0) is 28.4. The van der Waals surface area contributed by atoms with Gasteiger partial charge in [0.15, 0.2) is 11.6 Å². The Morgan fingerprint density at radius 2 is 1.77 bits per heavy atom. The molecule has 2 aromatic heterocycles. The Morgan fingerprint density at radius 3 is 2.41 bits per heavy atom. The van der Waals surface area contributed by atoms with Gasteiger partial charge in [0.2, 0.25) is 16.0 Å². The Balaban J connectivity index is 1.59. The molecule has 0 saturated carbocycles. The van der Waals surface area contributed by atoms with Crippen LogP contribution in [0.5, 0.6) is 0 Å². The maximum atomic E-state index is 14.7. The second-order valence-corrected chi connectivity index (χ2v) is 10.9. The van der Waals surface area contributed by atoms with Gasteiger partial charge in [0.25, 0.3) is 0 Å². The zero-order valence-corrected chi connectivity index (χ0v) is 20.9. The van der Waals surface area contributed by atoms with Gasteiger partial charge in [0.1, 0.15) is 23.4 Å². The van der Waals surface area contributed by atoms with Crippen molar-refractivity contribution in [1.29, 1.82) is 0 Å². The second kappa shape index (κ2) is 11.5. The molecule has 0 unspecified atom stereocenters. The molecule has 0 aliphatic carbocycles. The molecule has 0 amide bonds. The van der Waals surface area contributed by atoms with E-state index in [1.165, 1.54) is 17.0 Å². The molecule has 1 aliphatic heterocycles. The number of anilines is 2. The number of hydrogen-bond acceptors (Lipinski definition) is 7. The van der Waals surface area contributed by atoms with E-state index in [2.05, 4.69) is 25.6 Å². The second-order valence-electron chi connectivity index (χ2n) is 9.08. The van der Waals surface area contributed by atoms with E-state index >= 15 is 0 Å². The summed E-state index contributed by atoms with van der Waals surface area (Å²) in [6, 6.07) is 2.49. The summed E-state index contributed by atoms with van der Waals surface area (Å²) in [7, 11) is -4.71. The molecule has 0 spiro atoms. The lowest BCUT2D eigenvalue weighted by Crippen LogP contribution is -2.44. The number of aromatic nitrogens is 3. The van der Waals surface area contributed by atoms with Crippen LogP contribution in [0.15, 0.2) is 24.4 Å². The summed E-state index contributed by atoms with van der Waals surface area (Å²) in [4.78, 5) is 12.7. The van der Waals surface area contributed by atoms with Gasteiger partial charge in [0, 0.05) is 36.2 Å². The lowest BCUT2D eigenvalue weighted by molar-refractivity contribution is -0.129. The molecule has 4 rings (SSSR count). The third kappa shape index (κ3) is 7.23. The number of sulfonamides is 1. The van der Waals surface area contributed by atoms with Gasteiger partial charge in [-0.25, -0.2) is 36.5 Å². The first-order valence-corrected chi connectivity index (χ1v) is 13.3. The minimum atomic E-state index is -4.78. The number of halogens is 7. The topological polar surface area (TPSA) is 109 Å². The molecule has 1 aliphatic rings. The highest BCUT2D eigenvalue weighted by atomic mass is 32.2. The van der Waals surface area contributed by atoms with Crippen LogP contribution < -0.4 is 15.4 Å². The number of nitrogens with one attached hydrogen (secondary N) is 3. The van der Waals surface area contributed by atoms with E-state index in [0.717, 1.165) is 12.1 Å². The number of alkyl halides is 5. The Hall–Kier alpha value is -3.27. The molecule has 3 aromatic rings. The van der Waals surface area contributed by atoms with Crippen LogP contribution in [0.1, 0.15) is 18.4 Å². The van der Waals surface area contributed by atoms with Gasteiger partial charge in [-0.15, -0.1) is 0 Å². The Morgan fingerprint density at radius 1 is 1.05 bits per heavy atom. The fraction of sp³-hybridized carbons (Fsp3) is 0.435. The van der Waals surface area contributed by atoms with Gasteiger partial charge in [-0.3, -0.25) is 9.11 Å². The summed E-state index contributed by atoms with van der Waals surface area (Å²) in [6.45, 7) is -0.386. The normalized spacial score (nSPS) is 18.3. The highest BCUT2D eigenvalue weighted by Crippen LogP contribution is 2.31. The average Bonchev–Trinajstić information content (AvgIpc) is 2.88. The van der Waals surface area contributed by atoms with Crippen molar-refractivity contribution in [2.24, 2.45) is 5.92 Å². The molecule has 0 radical (unpaired) electrons. The van der Waals surface area contributed by atoms with Crippen LogP contribution in [0, 0.1) is 17.6 Å². The molecular formula is C23H23F7N6O2S. The van der Waals surface area contributed by atoms with Crippen molar-refractivity contribution in [1.82, 2.24) is 20.3 Å². The van der Waals surface area contributed by atoms with Crippen molar-refractivity contribution in [3.05, 3.63) is 41.6 Å². The predicted molar refractivity (Wildman–Crippen MR) is 130 cm³/mol. The highest BCUT2D eigenvalue weighted by Gasteiger charge is 2.31. The lowest BCUT2D eigenvalue weighted by atomic mass is 9.97. The molecule has 1 aromatic carbocycles. The highest BCUT2D eigenvalue weighted by molar-refractivity contribution is 7.92. The lowest BCUT2D eigenvalue weighted by Gasteiger charge is -2.29. The standard InChI is InChI=1S/C23H23F7N6O2S/c24-7-12-3-15(10-31-9-12)33-22-32-11-19-20(35-22)14(8-25)6-18(34-19)13-4-16(26)21(17(27)5-13)36-39(37,38)2-1-23(28,29)30/h4-6,11-12,15,31,36H,1-3,7-10H2,(H,32,33,35)/t12-,15-/m0/s1. The van der Waals surface area contributed by atoms with Gasteiger partial charge in [-0.2, -0.15) is 13.2 Å². The first kappa shape index (κ1) is 28.7. The van der Waals surface area contributed by atoms with Crippen molar-refractivity contribution < 1.29 is 39.2 Å². The van der Waals surface area contributed by atoms with Crippen LogP contribution >= 0.6 is 0 Å². The summed E-state index contributed by atoms with van der Waals surface area (Å²) in [6.07, 6.45) is -4.65. The fourth-order valence-electron chi connectivity index (χ4n) is 4.12. The Kier molecular flexibility index (Phi) is 8.44. The smallest absolute Gasteiger partial charge is 0.350 e. The Labute approximate surface area is 218 Å². The van der Waals surface area contributed by atoms with E-state index in [-0.39, 0.29) is 45.8 Å². The fourth-order valence-corrected chi connectivity index (χ4v) is 5.23. The van der Waals surface area contributed by atoms with Crippen LogP contribution in [0.4, 0.5) is 42.4 Å². The summed E-state index contributed by atoms with van der Waals surface area (Å²) < 4.78 is 119. The number of nitrogens with zero attached hydrogens (tertiary/aromatic N) is 3. The van der Waals surface area contributed by atoms with Crippen molar-refractivity contribution in [2.45, 2.75) is 31.7 Å². The van der Waals surface area contributed by atoms with Gasteiger partial charge in [-0.1, -0.05) is 0 Å². The van der Waals surface area contributed by atoms with Gasteiger partial charge < -0.3 is 10.6 Å². The van der Waals surface area contributed by atoms with E-state index in [4.69, 9.17) is 0 Å². The van der Waals surface area contributed by atoms with Gasteiger partial charge in [0.05, 0.1) is 30.7 Å². The first-order valence-electron chi connectivity index (χ1n) is 11.7. The van der Waals surface area contributed by atoms with Crippen LogP contribution in [-0.4, -0.2) is 61.1 Å². The van der Waals surface area contributed by atoms with E-state index in [1.54, 1.807) is 0 Å². The SMILES string of the molecule is O=S(=O)(CCC(F)(F)F)Nc1c(F)cc(-c2cc(CF)c3nc(N[C@@H]4CNC[C@H](CF)C4)ncc3n2)cc1F. The Bertz CT molecular complexity index is 1430. The molecule has 3 N–H and O–H groups in total. The van der Waals surface area contributed by atoms with E-state index in [1.807, 2.05) is 0 Å². The number of rotatable bonds is 9. The summed E-state index contributed by atoms with van der Waals surface area (Å²) in [5, 5.41) is 6.18. The third-order valence-electron chi connectivity index (χ3n) is 6.01. The summed E-state index contributed by atoms with van der Waals surface area (Å²) in [5.74, 6) is -4.24. The average molecular weight is 581 g/mol. The predicted octanol–water partition coefficient (Wildman–Crippen LogP) is 4.49. The minimum absolute atomic E-state index is 0.0293. The molecule has 39 heavy (non-hydrogen) atoms. The number of fused-ring (bicyclic) bond motifs is 1.